The Balaban J connectivity index is 1.81. The van der Waals surface area contributed by atoms with Crippen molar-refractivity contribution in [2.75, 3.05) is 39.5 Å². The van der Waals surface area contributed by atoms with Crippen LogP contribution in [0.4, 0.5) is 0 Å². The van der Waals surface area contributed by atoms with Gasteiger partial charge < -0.3 is 20.1 Å². The lowest BCUT2D eigenvalue weighted by Crippen LogP contribution is -2.41. The third kappa shape index (κ3) is 3.34. The summed E-state index contributed by atoms with van der Waals surface area (Å²) in [5, 5.41) is 28.2. The van der Waals surface area contributed by atoms with Gasteiger partial charge in [-0.1, -0.05) is 20.8 Å². The van der Waals surface area contributed by atoms with Crippen molar-refractivity contribution in [3.05, 3.63) is 0 Å². The number of aliphatic hydroxyl groups is 3. The first-order valence-electron chi connectivity index (χ1n) is 8.59. The molecule has 0 aromatic rings. The van der Waals surface area contributed by atoms with Crippen molar-refractivity contribution in [3.8, 4) is 0 Å². The molecule has 0 radical (unpaired) electrons. The predicted molar refractivity (Wildman–Crippen MR) is 85.6 cm³/mol. The molecule has 0 aromatic carbocycles. The van der Waals surface area contributed by atoms with E-state index in [0.717, 1.165) is 12.3 Å². The smallest absolute Gasteiger partial charge is 0.0900 e. The highest BCUT2D eigenvalue weighted by Gasteiger charge is 2.61. The topological polar surface area (TPSA) is 73.2 Å². The fraction of sp³-hybridized carbons (Fsp3) is 1.00. The van der Waals surface area contributed by atoms with Crippen molar-refractivity contribution < 1.29 is 20.1 Å². The molecule has 0 heterocycles. The third-order valence-corrected chi connectivity index (χ3v) is 6.51. The Hall–Kier alpha value is -0.200. The second kappa shape index (κ2) is 7.14. The van der Waals surface area contributed by atoms with E-state index in [2.05, 4.69) is 20.8 Å². The Morgan fingerprint density at radius 3 is 2.27 bits per heavy atom. The molecular formula is C17H33NO4. The van der Waals surface area contributed by atoms with E-state index in [1.807, 2.05) is 4.90 Å². The van der Waals surface area contributed by atoms with Crippen molar-refractivity contribution >= 4 is 0 Å². The van der Waals surface area contributed by atoms with Gasteiger partial charge in [0.05, 0.1) is 32.0 Å². The largest absolute Gasteiger partial charge is 0.395 e. The van der Waals surface area contributed by atoms with Crippen molar-refractivity contribution in [3.63, 3.8) is 0 Å². The molecule has 2 saturated carbocycles. The lowest BCUT2D eigenvalue weighted by molar-refractivity contribution is -0.0800. The maximum absolute atomic E-state index is 10.2. The lowest BCUT2D eigenvalue weighted by atomic mass is 9.70. The van der Waals surface area contributed by atoms with Crippen LogP contribution < -0.4 is 0 Å². The van der Waals surface area contributed by atoms with Crippen molar-refractivity contribution in [2.45, 2.75) is 52.2 Å². The van der Waals surface area contributed by atoms with Crippen molar-refractivity contribution in [2.24, 2.45) is 16.7 Å². The zero-order chi connectivity index (χ0) is 16.4. The van der Waals surface area contributed by atoms with Gasteiger partial charge in [-0.2, -0.15) is 0 Å². The summed E-state index contributed by atoms with van der Waals surface area (Å²) in [5.74, 6) is 0.736. The highest BCUT2D eigenvalue weighted by molar-refractivity contribution is 5.11. The number of ether oxygens (including phenoxy) is 1. The van der Waals surface area contributed by atoms with Gasteiger partial charge in [0.25, 0.3) is 0 Å². The van der Waals surface area contributed by atoms with Crippen molar-refractivity contribution in [1.82, 2.24) is 4.90 Å². The van der Waals surface area contributed by atoms with Crippen LogP contribution in [0.2, 0.25) is 0 Å². The molecule has 130 valence electrons. The highest BCUT2D eigenvalue weighted by Crippen LogP contribution is 2.66. The molecule has 5 heteroatoms. The van der Waals surface area contributed by atoms with E-state index in [-0.39, 0.29) is 24.7 Å². The van der Waals surface area contributed by atoms with Gasteiger partial charge in [0, 0.05) is 19.6 Å². The summed E-state index contributed by atoms with van der Waals surface area (Å²) in [4.78, 5) is 1.86. The maximum Gasteiger partial charge on any atom is 0.0900 e. The van der Waals surface area contributed by atoms with Gasteiger partial charge in [0.2, 0.25) is 0 Å². The summed E-state index contributed by atoms with van der Waals surface area (Å²) in [6.07, 6.45) is 3.27. The van der Waals surface area contributed by atoms with Gasteiger partial charge >= 0.3 is 0 Å². The van der Waals surface area contributed by atoms with E-state index in [1.54, 1.807) is 0 Å². The summed E-state index contributed by atoms with van der Waals surface area (Å²) in [6, 6.07) is 0. The minimum Gasteiger partial charge on any atom is -0.395 e. The summed E-state index contributed by atoms with van der Waals surface area (Å²) in [7, 11) is 0. The predicted octanol–water partition coefficient (Wildman–Crippen LogP) is 0.865. The monoisotopic (exact) mass is 315 g/mol. The molecule has 2 aliphatic carbocycles. The Bertz CT molecular complexity index is 357. The normalized spacial score (nSPS) is 34.5. The molecule has 2 bridgehead atoms. The zero-order valence-corrected chi connectivity index (χ0v) is 14.3. The highest BCUT2D eigenvalue weighted by atomic mass is 16.5. The van der Waals surface area contributed by atoms with Crippen LogP contribution in [0.3, 0.4) is 0 Å². The molecular weight excluding hydrogens is 282 g/mol. The first-order valence-corrected chi connectivity index (χ1v) is 8.59. The van der Waals surface area contributed by atoms with Crippen LogP contribution in [-0.2, 0) is 4.74 Å². The molecule has 5 nitrogen and oxygen atoms in total. The summed E-state index contributed by atoms with van der Waals surface area (Å²) < 4.78 is 6.09. The van der Waals surface area contributed by atoms with Crippen LogP contribution >= 0.6 is 0 Å². The molecule has 0 unspecified atom stereocenters. The average molecular weight is 315 g/mol. The summed E-state index contributed by atoms with van der Waals surface area (Å²) >= 11 is 0. The van der Waals surface area contributed by atoms with E-state index < -0.39 is 6.10 Å². The molecule has 0 aromatic heterocycles. The van der Waals surface area contributed by atoms with Crippen LogP contribution in [-0.4, -0.2) is 71.9 Å². The second-order valence-electron chi connectivity index (χ2n) is 7.83. The molecule has 4 atom stereocenters. The van der Waals surface area contributed by atoms with Crippen molar-refractivity contribution in [1.29, 1.82) is 0 Å². The second-order valence-corrected chi connectivity index (χ2v) is 7.83. The summed E-state index contributed by atoms with van der Waals surface area (Å²) in [6.45, 7) is 8.80. The summed E-state index contributed by atoms with van der Waals surface area (Å²) in [5.41, 5.74) is 0.537. The number of hydrogen-bond donors (Lipinski definition) is 3. The van der Waals surface area contributed by atoms with Gasteiger partial charge in [-0.3, -0.25) is 4.90 Å². The lowest BCUT2D eigenvalue weighted by Gasteiger charge is -2.39. The van der Waals surface area contributed by atoms with Gasteiger partial charge in [-0.15, -0.1) is 0 Å². The number of hydrogen-bond acceptors (Lipinski definition) is 5. The van der Waals surface area contributed by atoms with Gasteiger partial charge in [0.1, 0.15) is 0 Å². The molecule has 0 spiro atoms. The van der Waals surface area contributed by atoms with E-state index in [4.69, 9.17) is 14.9 Å². The fourth-order valence-electron chi connectivity index (χ4n) is 4.54. The van der Waals surface area contributed by atoms with E-state index in [0.29, 0.717) is 31.7 Å². The molecule has 0 saturated heterocycles. The molecule has 0 aliphatic heterocycles. The molecule has 2 fully saturated rings. The number of rotatable bonds is 9. The van der Waals surface area contributed by atoms with Gasteiger partial charge in [0.15, 0.2) is 0 Å². The number of aliphatic hydroxyl groups excluding tert-OH is 3. The van der Waals surface area contributed by atoms with Gasteiger partial charge in [-0.25, -0.2) is 0 Å². The molecule has 22 heavy (non-hydrogen) atoms. The molecule has 2 aliphatic rings. The fourth-order valence-corrected chi connectivity index (χ4v) is 4.54. The zero-order valence-electron chi connectivity index (χ0n) is 14.3. The SMILES string of the molecule is CC1(C)[C@H]2CC[C@@]1(C)[C@H](OC[C@@H](O)CN(CCO)CCO)C2. The number of nitrogens with zero attached hydrogens (tertiary/aromatic N) is 1. The Labute approximate surface area is 134 Å². The minimum absolute atomic E-state index is 0.0319. The minimum atomic E-state index is -0.580. The average Bonchev–Trinajstić information content (AvgIpc) is 2.78. The van der Waals surface area contributed by atoms with Crippen LogP contribution in [0.25, 0.3) is 0 Å². The van der Waals surface area contributed by atoms with E-state index in [9.17, 15) is 5.11 Å². The molecule has 3 N–H and O–H groups in total. The van der Waals surface area contributed by atoms with E-state index in [1.165, 1.54) is 12.8 Å². The Kier molecular flexibility index (Phi) is 5.89. The van der Waals surface area contributed by atoms with Crippen LogP contribution in [0.1, 0.15) is 40.0 Å². The molecule has 2 rings (SSSR count). The van der Waals surface area contributed by atoms with Crippen LogP contribution in [0, 0.1) is 16.7 Å². The first-order chi connectivity index (χ1) is 10.3. The maximum atomic E-state index is 10.2. The number of fused-ring (bicyclic) bond motifs is 2. The van der Waals surface area contributed by atoms with E-state index >= 15 is 0 Å². The van der Waals surface area contributed by atoms with Crippen LogP contribution in [0.15, 0.2) is 0 Å². The van der Waals surface area contributed by atoms with Crippen LogP contribution in [0.5, 0.6) is 0 Å². The molecule has 0 amide bonds. The quantitative estimate of drug-likeness (QED) is 0.589. The standard InChI is InChI=1S/C17H33NO4/c1-16(2)13-4-5-17(16,3)15(10-13)22-12-14(21)11-18(6-8-19)7-9-20/h13-15,19-21H,4-12H2,1-3H3/t13-,14-,15+,17-/m0/s1. The third-order valence-electron chi connectivity index (χ3n) is 6.51. The Morgan fingerprint density at radius 1 is 1.18 bits per heavy atom. The Morgan fingerprint density at radius 2 is 1.82 bits per heavy atom. The first kappa shape index (κ1) is 18.1. The van der Waals surface area contributed by atoms with Gasteiger partial charge in [-0.05, 0) is 36.0 Å².